The Morgan fingerprint density at radius 2 is 1.90 bits per heavy atom. The zero-order chi connectivity index (χ0) is 21.5. The lowest BCUT2D eigenvalue weighted by Gasteiger charge is -2.39. The van der Waals surface area contributed by atoms with Gasteiger partial charge in [-0.05, 0) is 84.7 Å². The fraction of sp³-hybridized carbons (Fsp3) is 0.560. The van der Waals surface area contributed by atoms with E-state index in [1.54, 1.807) is 0 Å². The number of halogens is 1. The van der Waals surface area contributed by atoms with E-state index in [2.05, 4.69) is 42.5 Å². The van der Waals surface area contributed by atoms with Crippen LogP contribution in [0, 0.1) is 14.9 Å². The summed E-state index contributed by atoms with van der Waals surface area (Å²) in [6.45, 7) is 6.15. The second-order valence-corrected chi connectivity index (χ2v) is 11.0. The van der Waals surface area contributed by atoms with Crippen LogP contribution < -0.4 is 0 Å². The SMILES string of the molecule is CC1=NC2=C(C(=O)CC(C)(C)C2)[C@H](c2cccc(I)c2)C1C(=O)OC1CCCCC1. The van der Waals surface area contributed by atoms with Gasteiger partial charge in [0.15, 0.2) is 5.78 Å². The van der Waals surface area contributed by atoms with Crippen molar-refractivity contribution in [2.45, 2.75) is 77.7 Å². The van der Waals surface area contributed by atoms with E-state index in [1.165, 1.54) is 6.42 Å². The highest BCUT2D eigenvalue weighted by Gasteiger charge is 2.46. The van der Waals surface area contributed by atoms with E-state index in [9.17, 15) is 9.59 Å². The number of nitrogens with zero attached hydrogens (tertiary/aromatic N) is 1. The summed E-state index contributed by atoms with van der Waals surface area (Å²) in [4.78, 5) is 31.5. The van der Waals surface area contributed by atoms with Crippen molar-refractivity contribution in [1.29, 1.82) is 0 Å². The molecule has 4 rings (SSSR count). The number of carbonyl (C=O) groups is 2. The van der Waals surface area contributed by atoms with Crippen LogP contribution in [-0.4, -0.2) is 23.6 Å². The molecule has 0 aromatic heterocycles. The molecule has 1 fully saturated rings. The number of carbonyl (C=O) groups excluding carboxylic acids is 2. The molecule has 2 atom stereocenters. The Labute approximate surface area is 192 Å². The van der Waals surface area contributed by atoms with Crippen molar-refractivity contribution < 1.29 is 14.3 Å². The lowest BCUT2D eigenvalue weighted by Crippen LogP contribution is -2.40. The van der Waals surface area contributed by atoms with Crippen molar-refractivity contribution in [1.82, 2.24) is 0 Å². The average Bonchev–Trinajstić information content (AvgIpc) is 2.66. The minimum absolute atomic E-state index is 0.00743. The van der Waals surface area contributed by atoms with Crippen molar-refractivity contribution >= 4 is 40.1 Å². The molecule has 5 heteroatoms. The normalized spacial score (nSPS) is 26.8. The smallest absolute Gasteiger partial charge is 0.315 e. The summed E-state index contributed by atoms with van der Waals surface area (Å²) in [6.07, 6.45) is 6.54. The Balaban J connectivity index is 1.75. The fourth-order valence-corrected chi connectivity index (χ4v) is 5.80. The van der Waals surface area contributed by atoms with Crippen LogP contribution in [0.4, 0.5) is 0 Å². The number of hydrogen-bond donors (Lipinski definition) is 0. The molecule has 0 saturated heterocycles. The van der Waals surface area contributed by atoms with E-state index in [4.69, 9.17) is 9.73 Å². The van der Waals surface area contributed by atoms with Gasteiger partial charge in [-0.15, -0.1) is 0 Å². The van der Waals surface area contributed by atoms with E-state index in [0.29, 0.717) is 6.42 Å². The summed E-state index contributed by atoms with van der Waals surface area (Å²) in [7, 11) is 0. The number of ether oxygens (including phenoxy) is 1. The lowest BCUT2D eigenvalue weighted by atomic mass is 9.67. The molecule has 4 nitrogen and oxygen atoms in total. The molecule has 1 aromatic carbocycles. The number of rotatable bonds is 3. The molecule has 160 valence electrons. The first-order valence-corrected chi connectivity index (χ1v) is 12.1. The number of aliphatic imine (C=N–C) groups is 1. The van der Waals surface area contributed by atoms with E-state index < -0.39 is 5.92 Å². The van der Waals surface area contributed by atoms with Gasteiger partial charge in [-0.2, -0.15) is 0 Å². The maximum absolute atomic E-state index is 13.4. The Hall–Kier alpha value is -1.50. The molecule has 0 bridgehead atoms. The highest BCUT2D eigenvalue weighted by atomic mass is 127. The minimum Gasteiger partial charge on any atom is -0.462 e. The third-order valence-corrected chi connectivity index (χ3v) is 7.27. The van der Waals surface area contributed by atoms with E-state index in [-0.39, 0.29) is 29.2 Å². The highest BCUT2D eigenvalue weighted by molar-refractivity contribution is 14.1. The van der Waals surface area contributed by atoms with Gasteiger partial charge in [0.2, 0.25) is 0 Å². The quantitative estimate of drug-likeness (QED) is 0.365. The number of allylic oxidation sites excluding steroid dienone is 2. The number of Topliss-reactive ketones (excluding diaryl/α,β-unsaturated/α-hetero) is 1. The summed E-state index contributed by atoms with van der Waals surface area (Å²) in [5.41, 5.74) is 3.25. The van der Waals surface area contributed by atoms with Crippen LogP contribution in [0.1, 0.15) is 77.2 Å². The molecule has 1 heterocycles. The number of hydrogen-bond acceptors (Lipinski definition) is 4. The van der Waals surface area contributed by atoms with Crippen LogP contribution in [0.2, 0.25) is 0 Å². The van der Waals surface area contributed by atoms with E-state index in [0.717, 1.165) is 58.2 Å². The Bertz CT molecular complexity index is 924. The topological polar surface area (TPSA) is 55.7 Å². The van der Waals surface area contributed by atoms with Crippen molar-refractivity contribution in [2.24, 2.45) is 16.3 Å². The summed E-state index contributed by atoms with van der Waals surface area (Å²) in [6, 6.07) is 8.15. The van der Waals surface area contributed by atoms with Crippen molar-refractivity contribution in [3.05, 3.63) is 44.7 Å². The second-order valence-electron chi connectivity index (χ2n) is 9.76. The van der Waals surface area contributed by atoms with Crippen LogP contribution in [0.25, 0.3) is 0 Å². The number of ketones is 1. The third-order valence-electron chi connectivity index (χ3n) is 6.60. The molecule has 0 radical (unpaired) electrons. The third kappa shape index (κ3) is 4.41. The molecule has 3 aliphatic rings. The van der Waals surface area contributed by atoms with Crippen LogP contribution in [-0.2, 0) is 14.3 Å². The van der Waals surface area contributed by atoms with Gasteiger partial charge in [-0.25, -0.2) is 0 Å². The molecule has 1 aliphatic heterocycles. The first kappa shape index (κ1) is 21.7. The van der Waals surface area contributed by atoms with Crippen LogP contribution >= 0.6 is 22.6 Å². The summed E-state index contributed by atoms with van der Waals surface area (Å²) in [5.74, 6) is -0.950. The van der Waals surface area contributed by atoms with Crippen LogP contribution in [0.3, 0.4) is 0 Å². The molecular formula is C25H30INO3. The maximum atomic E-state index is 13.4. The maximum Gasteiger partial charge on any atom is 0.315 e. The minimum atomic E-state index is -0.533. The van der Waals surface area contributed by atoms with E-state index in [1.807, 2.05) is 25.1 Å². The Kier molecular flexibility index (Phi) is 6.20. The fourth-order valence-electron chi connectivity index (χ4n) is 5.23. The first-order valence-electron chi connectivity index (χ1n) is 11.0. The number of benzene rings is 1. The molecule has 1 saturated carbocycles. The summed E-state index contributed by atoms with van der Waals surface area (Å²) >= 11 is 2.29. The average molecular weight is 519 g/mol. The van der Waals surface area contributed by atoms with Gasteiger partial charge in [-0.3, -0.25) is 14.6 Å². The monoisotopic (exact) mass is 519 g/mol. The van der Waals surface area contributed by atoms with Gasteiger partial charge in [-0.1, -0.05) is 32.4 Å². The molecular weight excluding hydrogens is 489 g/mol. The van der Waals surface area contributed by atoms with Gasteiger partial charge in [0, 0.05) is 32.9 Å². The van der Waals surface area contributed by atoms with Crippen molar-refractivity contribution in [3.63, 3.8) is 0 Å². The Morgan fingerprint density at radius 1 is 1.17 bits per heavy atom. The molecule has 30 heavy (non-hydrogen) atoms. The molecule has 0 N–H and O–H groups in total. The van der Waals surface area contributed by atoms with Gasteiger partial charge >= 0.3 is 5.97 Å². The van der Waals surface area contributed by atoms with E-state index >= 15 is 0 Å². The van der Waals surface area contributed by atoms with Gasteiger partial charge in [0.05, 0.1) is 0 Å². The zero-order valence-corrected chi connectivity index (χ0v) is 20.2. The molecule has 1 aromatic rings. The predicted octanol–water partition coefficient (Wildman–Crippen LogP) is 5.98. The lowest BCUT2D eigenvalue weighted by molar-refractivity contribution is -0.153. The van der Waals surface area contributed by atoms with Crippen LogP contribution in [0.15, 0.2) is 40.5 Å². The summed E-state index contributed by atoms with van der Waals surface area (Å²) < 4.78 is 7.08. The molecule has 2 aliphatic carbocycles. The molecule has 0 amide bonds. The predicted molar refractivity (Wildman–Crippen MR) is 127 cm³/mol. The Morgan fingerprint density at radius 3 is 2.60 bits per heavy atom. The van der Waals surface area contributed by atoms with Gasteiger partial charge in [0.25, 0.3) is 0 Å². The zero-order valence-electron chi connectivity index (χ0n) is 18.0. The summed E-state index contributed by atoms with van der Waals surface area (Å²) in [5, 5.41) is 0. The van der Waals surface area contributed by atoms with Crippen molar-refractivity contribution in [3.8, 4) is 0 Å². The molecule has 1 unspecified atom stereocenters. The molecule has 0 spiro atoms. The highest BCUT2D eigenvalue weighted by Crippen LogP contribution is 2.48. The first-order chi connectivity index (χ1) is 14.2. The van der Waals surface area contributed by atoms with Gasteiger partial charge in [0.1, 0.15) is 12.0 Å². The second kappa shape index (κ2) is 8.56. The van der Waals surface area contributed by atoms with Gasteiger partial charge < -0.3 is 4.74 Å². The largest absolute Gasteiger partial charge is 0.462 e. The van der Waals surface area contributed by atoms with Crippen LogP contribution in [0.5, 0.6) is 0 Å². The number of esters is 1. The standard InChI is InChI=1S/C25H30INO3/c1-15-21(24(29)30-18-10-5-4-6-11-18)22(16-8-7-9-17(26)12-16)23-19(27-15)13-25(2,3)14-20(23)28/h7-9,12,18,21-22H,4-6,10-11,13-14H2,1-3H3/t21?,22-/m1/s1. The van der Waals surface area contributed by atoms with Crippen molar-refractivity contribution in [2.75, 3.05) is 0 Å².